The van der Waals surface area contributed by atoms with Gasteiger partial charge in [0.1, 0.15) is 6.04 Å². The number of nitrogens with zero attached hydrogens (tertiary/aromatic N) is 1. The third-order valence-corrected chi connectivity index (χ3v) is 4.16. The van der Waals surface area contributed by atoms with Crippen LogP contribution < -0.4 is 9.47 Å². The molecule has 1 aromatic rings. The van der Waals surface area contributed by atoms with E-state index in [1.54, 1.807) is 12.1 Å². The Hall–Kier alpha value is -2.54. The molecule has 0 bridgehead atoms. The van der Waals surface area contributed by atoms with Crippen molar-refractivity contribution in [3.63, 3.8) is 0 Å². The Bertz CT molecular complexity index is 644. The van der Waals surface area contributed by atoms with Gasteiger partial charge in [0.05, 0.1) is 13.2 Å². The van der Waals surface area contributed by atoms with Gasteiger partial charge in [0, 0.05) is 20.1 Å². The van der Waals surface area contributed by atoms with Gasteiger partial charge in [-0.2, -0.15) is 0 Å². The summed E-state index contributed by atoms with van der Waals surface area (Å²) in [5, 5.41) is 9.28. The molecule has 1 saturated heterocycles. The maximum absolute atomic E-state index is 12.4. The molecule has 2 rings (SSSR count). The zero-order chi connectivity index (χ0) is 18.4. The number of carbonyl (C=O) groups is 2. The van der Waals surface area contributed by atoms with Gasteiger partial charge in [-0.05, 0) is 24.1 Å². The fraction of sp³-hybridized carbons (Fsp3) is 0.444. The second-order valence-electron chi connectivity index (χ2n) is 5.76. The predicted octanol–water partition coefficient (Wildman–Crippen LogP) is 1.50. The molecule has 1 aliphatic heterocycles. The van der Waals surface area contributed by atoms with Gasteiger partial charge in [-0.3, -0.25) is 4.79 Å². The maximum Gasteiger partial charge on any atom is 0.326 e. The Morgan fingerprint density at radius 2 is 2.12 bits per heavy atom. The molecular formula is C18H23NO6. The number of hydrogen-bond donors (Lipinski definition) is 1. The summed E-state index contributed by atoms with van der Waals surface area (Å²) in [5.41, 5.74) is 1.01. The topological polar surface area (TPSA) is 85.3 Å². The van der Waals surface area contributed by atoms with E-state index < -0.39 is 17.9 Å². The summed E-state index contributed by atoms with van der Waals surface area (Å²) in [7, 11) is 3.02. The summed E-state index contributed by atoms with van der Waals surface area (Å²) >= 11 is 0. The standard InChI is InChI=1S/C18H23NO6/c1-4-5-12-6-7-15(16(8-12)24-3)25-11-17(20)19-10-13(23-2)9-14(19)18(21)22/h4,6-8,13-14H,1,5,9-11H2,2-3H3,(H,21,22). The van der Waals surface area contributed by atoms with E-state index in [1.807, 2.05) is 12.1 Å². The van der Waals surface area contributed by atoms with Crippen LogP contribution in [0.5, 0.6) is 11.5 Å². The Morgan fingerprint density at radius 1 is 1.36 bits per heavy atom. The van der Waals surface area contributed by atoms with Crippen molar-refractivity contribution in [3.8, 4) is 11.5 Å². The molecule has 1 fully saturated rings. The van der Waals surface area contributed by atoms with E-state index in [0.29, 0.717) is 17.9 Å². The lowest BCUT2D eigenvalue weighted by Gasteiger charge is -2.21. The van der Waals surface area contributed by atoms with Crippen LogP contribution in [0.3, 0.4) is 0 Å². The van der Waals surface area contributed by atoms with Crippen LogP contribution >= 0.6 is 0 Å². The molecule has 0 saturated carbocycles. The first-order valence-electron chi connectivity index (χ1n) is 7.95. The molecular weight excluding hydrogens is 326 g/mol. The van der Waals surface area contributed by atoms with Crippen LogP contribution in [0.25, 0.3) is 0 Å². The Balaban J connectivity index is 2.04. The molecule has 2 atom stereocenters. The van der Waals surface area contributed by atoms with Gasteiger partial charge in [-0.1, -0.05) is 12.1 Å². The fourth-order valence-electron chi connectivity index (χ4n) is 2.83. The van der Waals surface area contributed by atoms with E-state index in [4.69, 9.17) is 14.2 Å². The quantitative estimate of drug-likeness (QED) is 0.716. The number of carbonyl (C=O) groups excluding carboxylic acids is 1. The molecule has 1 aliphatic rings. The van der Waals surface area contributed by atoms with Gasteiger partial charge in [0.25, 0.3) is 5.91 Å². The van der Waals surface area contributed by atoms with Crippen molar-refractivity contribution in [1.29, 1.82) is 0 Å². The molecule has 0 aromatic heterocycles. The van der Waals surface area contributed by atoms with E-state index in [-0.39, 0.29) is 25.7 Å². The van der Waals surface area contributed by atoms with Crippen LogP contribution in [0.4, 0.5) is 0 Å². The minimum absolute atomic E-state index is 0.241. The molecule has 1 N–H and O–H groups in total. The van der Waals surface area contributed by atoms with Crippen molar-refractivity contribution in [2.45, 2.75) is 25.0 Å². The molecule has 7 nitrogen and oxygen atoms in total. The summed E-state index contributed by atoms with van der Waals surface area (Å²) in [6, 6.07) is 4.51. The summed E-state index contributed by atoms with van der Waals surface area (Å²) in [5.74, 6) is -0.500. The highest BCUT2D eigenvalue weighted by Gasteiger charge is 2.39. The van der Waals surface area contributed by atoms with Crippen LogP contribution in [0.1, 0.15) is 12.0 Å². The summed E-state index contributed by atoms with van der Waals surface area (Å²) in [4.78, 5) is 25.0. The lowest BCUT2D eigenvalue weighted by Crippen LogP contribution is -2.43. The first-order valence-corrected chi connectivity index (χ1v) is 7.95. The molecule has 1 amide bonds. The monoisotopic (exact) mass is 349 g/mol. The number of likely N-dealkylation sites (tertiary alicyclic amines) is 1. The number of ether oxygens (including phenoxy) is 3. The minimum atomic E-state index is -1.04. The highest BCUT2D eigenvalue weighted by Crippen LogP contribution is 2.29. The van der Waals surface area contributed by atoms with Crippen molar-refractivity contribution in [2.24, 2.45) is 0 Å². The molecule has 0 radical (unpaired) electrons. The van der Waals surface area contributed by atoms with Crippen LogP contribution in [0.2, 0.25) is 0 Å². The molecule has 2 unspecified atom stereocenters. The van der Waals surface area contributed by atoms with Gasteiger partial charge < -0.3 is 24.2 Å². The van der Waals surface area contributed by atoms with E-state index in [1.165, 1.54) is 19.1 Å². The number of carboxylic acid groups (broad SMARTS) is 1. The summed E-state index contributed by atoms with van der Waals surface area (Å²) in [6.45, 7) is 3.67. The van der Waals surface area contributed by atoms with Crippen LogP contribution in [-0.2, 0) is 20.7 Å². The van der Waals surface area contributed by atoms with E-state index in [9.17, 15) is 14.7 Å². The number of hydrogen-bond acceptors (Lipinski definition) is 5. The molecule has 1 aromatic carbocycles. The lowest BCUT2D eigenvalue weighted by atomic mass is 10.1. The van der Waals surface area contributed by atoms with Crippen LogP contribution in [0.15, 0.2) is 30.9 Å². The molecule has 1 heterocycles. The highest BCUT2D eigenvalue weighted by atomic mass is 16.5. The lowest BCUT2D eigenvalue weighted by molar-refractivity contribution is -0.149. The number of rotatable bonds is 8. The van der Waals surface area contributed by atoms with Crippen molar-refractivity contribution in [1.82, 2.24) is 4.90 Å². The van der Waals surface area contributed by atoms with Crippen LogP contribution in [-0.4, -0.2) is 61.4 Å². The summed E-state index contributed by atoms with van der Waals surface area (Å²) < 4.78 is 16.0. The molecule has 0 aliphatic carbocycles. The number of carboxylic acids is 1. The first-order chi connectivity index (χ1) is 12.0. The zero-order valence-electron chi connectivity index (χ0n) is 14.4. The van der Waals surface area contributed by atoms with Gasteiger partial charge in [-0.25, -0.2) is 4.79 Å². The van der Waals surface area contributed by atoms with Gasteiger partial charge in [0.15, 0.2) is 18.1 Å². The number of methoxy groups -OCH3 is 2. The average molecular weight is 349 g/mol. The predicted molar refractivity (Wildman–Crippen MR) is 90.9 cm³/mol. The Labute approximate surface area is 146 Å². The largest absolute Gasteiger partial charge is 0.493 e. The average Bonchev–Trinajstić information content (AvgIpc) is 3.05. The second kappa shape index (κ2) is 8.53. The zero-order valence-corrected chi connectivity index (χ0v) is 14.4. The number of benzene rings is 1. The van der Waals surface area contributed by atoms with Gasteiger partial charge in [0.2, 0.25) is 0 Å². The number of aliphatic carboxylic acids is 1. The third-order valence-electron chi connectivity index (χ3n) is 4.16. The van der Waals surface area contributed by atoms with Crippen molar-refractivity contribution < 1.29 is 28.9 Å². The summed E-state index contributed by atoms with van der Waals surface area (Å²) in [6.07, 6.45) is 2.47. The van der Waals surface area contributed by atoms with Crippen molar-refractivity contribution >= 4 is 11.9 Å². The van der Waals surface area contributed by atoms with E-state index >= 15 is 0 Å². The molecule has 136 valence electrons. The highest BCUT2D eigenvalue weighted by molar-refractivity contribution is 5.85. The molecule has 0 spiro atoms. The normalized spacial score (nSPS) is 19.5. The molecule has 7 heteroatoms. The SMILES string of the molecule is C=CCc1ccc(OCC(=O)N2CC(OC)CC2C(=O)O)c(OC)c1. The van der Waals surface area contributed by atoms with Crippen LogP contribution in [0, 0.1) is 0 Å². The molecule has 25 heavy (non-hydrogen) atoms. The number of allylic oxidation sites excluding steroid dienone is 1. The Kier molecular flexibility index (Phi) is 6.41. The van der Waals surface area contributed by atoms with Gasteiger partial charge >= 0.3 is 5.97 Å². The minimum Gasteiger partial charge on any atom is -0.493 e. The Morgan fingerprint density at radius 3 is 2.72 bits per heavy atom. The first kappa shape index (κ1) is 18.8. The van der Waals surface area contributed by atoms with Crippen molar-refractivity contribution in [3.05, 3.63) is 36.4 Å². The maximum atomic E-state index is 12.4. The van der Waals surface area contributed by atoms with E-state index in [2.05, 4.69) is 6.58 Å². The smallest absolute Gasteiger partial charge is 0.326 e. The van der Waals surface area contributed by atoms with E-state index in [0.717, 1.165) is 5.56 Å². The third kappa shape index (κ3) is 4.51. The number of amides is 1. The van der Waals surface area contributed by atoms with Crippen molar-refractivity contribution in [2.75, 3.05) is 27.4 Å². The fourth-order valence-corrected chi connectivity index (χ4v) is 2.83. The second-order valence-corrected chi connectivity index (χ2v) is 5.76. The van der Waals surface area contributed by atoms with Gasteiger partial charge in [-0.15, -0.1) is 6.58 Å².